The number of likely N-dealkylation sites (tertiary alicyclic amines) is 1. The molecule has 1 aliphatic heterocycles. The minimum Gasteiger partial charge on any atom is -0.341 e. The summed E-state index contributed by atoms with van der Waals surface area (Å²) in [4.78, 5) is 27.0. The highest BCUT2D eigenvalue weighted by atomic mass is 16.2. The van der Waals surface area contributed by atoms with Crippen LogP contribution in [0.4, 0.5) is 0 Å². The van der Waals surface area contributed by atoms with Crippen molar-refractivity contribution in [3.8, 4) is 0 Å². The number of benzene rings is 1. The first-order valence-corrected chi connectivity index (χ1v) is 9.49. The van der Waals surface area contributed by atoms with E-state index in [0.717, 1.165) is 25.9 Å². The summed E-state index contributed by atoms with van der Waals surface area (Å²) in [6.07, 6.45) is 5.75. The van der Waals surface area contributed by atoms with Crippen LogP contribution in [-0.4, -0.2) is 35.8 Å². The molecule has 0 saturated carbocycles. The van der Waals surface area contributed by atoms with Gasteiger partial charge in [-0.3, -0.25) is 9.59 Å². The summed E-state index contributed by atoms with van der Waals surface area (Å²) >= 11 is 0. The molecule has 1 heterocycles. The van der Waals surface area contributed by atoms with Crippen LogP contribution in [-0.2, 0) is 10.2 Å². The van der Waals surface area contributed by atoms with E-state index in [4.69, 9.17) is 0 Å². The third kappa shape index (κ3) is 5.58. The topological polar surface area (TPSA) is 49.4 Å². The summed E-state index contributed by atoms with van der Waals surface area (Å²) in [5, 5.41) is 2.86. The quantitative estimate of drug-likeness (QED) is 0.904. The highest BCUT2D eigenvalue weighted by Crippen LogP contribution is 2.22. The van der Waals surface area contributed by atoms with Crippen LogP contribution in [0.3, 0.4) is 0 Å². The van der Waals surface area contributed by atoms with Crippen LogP contribution < -0.4 is 5.32 Å². The molecular weight excluding hydrogens is 312 g/mol. The highest BCUT2D eigenvalue weighted by Gasteiger charge is 2.23. The number of carbonyl (C=O) groups excluding carboxylic acids is 2. The van der Waals surface area contributed by atoms with Crippen molar-refractivity contribution in [1.82, 2.24) is 10.2 Å². The van der Waals surface area contributed by atoms with Gasteiger partial charge in [-0.2, -0.15) is 0 Å². The van der Waals surface area contributed by atoms with Crippen LogP contribution in [0, 0.1) is 0 Å². The molecule has 4 heteroatoms. The van der Waals surface area contributed by atoms with Crippen LogP contribution in [0.25, 0.3) is 0 Å². The van der Waals surface area contributed by atoms with Crippen molar-refractivity contribution in [3.63, 3.8) is 0 Å². The summed E-state index contributed by atoms with van der Waals surface area (Å²) in [6.45, 7) is 9.83. The Morgan fingerprint density at radius 1 is 0.960 bits per heavy atom. The van der Waals surface area contributed by atoms with Crippen molar-refractivity contribution in [1.29, 1.82) is 0 Å². The van der Waals surface area contributed by atoms with Crippen molar-refractivity contribution in [2.75, 3.05) is 13.1 Å². The van der Waals surface area contributed by atoms with E-state index < -0.39 is 6.04 Å². The molecule has 0 aromatic heterocycles. The van der Waals surface area contributed by atoms with E-state index in [2.05, 4.69) is 26.1 Å². The first kappa shape index (κ1) is 19.5. The zero-order chi connectivity index (χ0) is 18.4. The van der Waals surface area contributed by atoms with E-state index in [1.165, 1.54) is 24.8 Å². The van der Waals surface area contributed by atoms with E-state index in [9.17, 15) is 9.59 Å². The monoisotopic (exact) mass is 344 g/mol. The lowest BCUT2D eigenvalue weighted by Crippen LogP contribution is -2.47. The number of amides is 2. The van der Waals surface area contributed by atoms with Gasteiger partial charge in [0.1, 0.15) is 6.04 Å². The second kappa shape index (κ2) is 8.50. The lowest BCUT2D eigenvalue weighted by Gasteiger charge is -2.28. The molecule has 1 saturated heterocycles. The van der Waals surface area contributed by atoms with Gasteiger partial charge in [0.05, 0.1) is 0 Å². The fourth-order valence-corrected chi connectivity index (χ4v) is 3.21. The molecule has 138 valence electrons. The molecule has 1 N–H and O–H groups in total. The molecule has 1 fully saturated rings. The third-order valence-corrected chi connectivity index (χ3v) is 4.90. The van der Waals surface area contributed by atoms with Crippen LogP contribution in [0.5, 0.6) is 0 Å². The van der Waals surface area contributed by atoms with Gasteiger partial charge in [0.15, 0.2) is 0 Å². The average Bonchev–Trinajstić information content (AvgIpc) is 2.53. The molecule has 0 aliphatic carbocycles. The maximum absolute atomic E-state index is 12.6. The summed E-state index contributed by atoms with van der Waals surface area (Å²) in [5.41, 5.74) is 1.85. The molecule has 2 rings (SSSR count). The van der Waals surface area contributed by atoms with Crippen LogP contribution in [0.15, 0.2) is 24.3 Å². The normalized spacial score (nSPS) is 17.4. The highest BCUT2D eigenvalue weighted by molar-refractivity contribution is 5.97. The summed E-state index contributed by atoms with van der Waals surface area (Å²) in [5.74, 6) is -0.157. The number of rotatable bonds is 3. The van der Waals surface area contributed by atoms with Gasteiger partial charge >= 0.3 is 0 Å². The Bertz CT molecular complexity index is 579. The Morgan fingerprint density at radius 2 is 1.48 bits per heavy atom. The van der Waals surface area contributed by atoms with Gasteiger partial charge in [-0.25, -0.2) is 0 Å². The smallest absolute Gasteiger partial charge is 0.251 e. The molecule has 1 aliphatic rings. The largest absolute Gasteiger partial charge is 0.341 e. The summed E-state index contributed by atoms with van der Waals surface area (Å²) in [6, 6.07) is 7.15. The van der Waals surface area contributed by atoms with Gasteiger partial charge in [0.2, 0.25) is 5.91 Å². The van der Waals surface area contributed by atoms with E-state index >= 15 is 0 Å². The molecule has 4 nitrogen and oxygen atoms in total. The lowest BCUT2D eigenvalue weighted by atomic mass is 9.86. The van der Waals surface area contributed by atoms with Crippen molar-refractivity contribution in [2.24, 2.45) is 0 Å². The van der Waals surface area contributed by atoms with Crippen molar-refractivity contribution >= 4 is 11.8 Å². The van der Waals surface area contributed by atoms with Crippen molar-refractivity contribution in [3.05, 3.63) is 35.4 Å². The molecule has 25 heavy (non-hydrogen) atoms. The van der Waals surface area contributed by atoms with Crippen molar-refractivity contribution in [2.45, 2.75) is 71.3 Å². The Morgan fingerprint density at radius 3 is 2.00 bits per heavy atom. The van der Waals surface area contributed by atoms with E-state index in [-0.39, 0.29) is 17.2 Å². The predicted molar refractivity (Wildman–Crippen MR) is 102 cm³/mol. The van der Waals surface area contributed by atoms with Crippen LogP contribution >= 0.6 is 0 Å². The fraction of sp³-hybridized carbons (Fsp3) is 0.619. The first-order valence-electron chi connectivity index (χ1n) is 9.49. The number of nitrogens with zero attached hydrogens (tertiary/aromatic N) is 1. The molecular formula is C21H32N2O2. The van der Waals surface area contributed by atoms with E-state index in [0.29, 0.717) is 5.56 Å². The van der Waals surface area contributed by atoms with Crippen LogP contribution in [0.1, 0.15) is 75.7 Å². The molecule has 1 aromatic rings. The Labute approximate surface area is 152 Å². The van der Waals surface area contributed by atoms with Gasteiger partial charge in [0.25, 0.3) is 5.91 Å². The number of hydrogen-bond acceptors (Lipinski definition) is 2. The Hall–Kier alpha value is -1.84. The van der Waals surface area contributed by atoms with E-state index in [1.807, 2.05) is 29.2 Å². The minimum absolute atomic E-state index is 0.0292. The van der Waals surface area contributed by atoms with Gasteiger partial charge in [-0.1, -0.05) is 52.2 Å². The zero-order valence-electron chi connectivity index (χ0n) is 16.1. The molecule has 2 amide bonds. The molecule has 1 unspecified atom stereocenters. The second-order valence-electron chi connectivity index (χ2n) is 8.12. The van der Waals surface area contributed by atoms with Crippen LogP contribution in [0.2, 0.25) is 0 Å². The predicted octanol–water partition coefficient (Wildman–Crippen LogP) is 3.90. The molecule has 1 atom stereocenters. The zero-order valence-corrected chi connectivity index (χ0v) is 16.1. The molecule has 0 radical (unpaired) electrons. The maximum atomic E-state index is 12.6. The first-order chi connectivity index (χ1) is 11.8. The van der Waals surface area contributed by atoms with Gasteiger partial charge in [0, 0.05) is 18.7 Å². The van der Waals surface area contributed by atoms with E-state index in [1.54, 1.807) is 6.92 Å². The maximum Gasteiger partial charge on any atom is 0.251 e. The van der Waals surface area contributed by atoms with Gasteiger partial charge in [-0.15, -0.1) is 0 Å². The number of carbonyl (C=O) groups is 2. The number of nitrogens with one attached hydrogen (secondary N) is 1. The van der Waals surface area contributed by atoms with Gasteiger partial charge < -0.3 is 10.2 Å². The Balaban J connectivity index is 1.95. The van der Waals surface area contributed by atoms with Gasteiger partial charge in [-0.05, 0) is 42.9 Å². The summed E-state index contributed by atoms with van der Waals surface area (Å²) in [7, 11) is 0. The minimum atomic E-state index is -0.491. The molecule has 1 aromatic carbocycles. The Kier molecular flexibility index (Phi) is 6.63. The molecule has 0 spiro atoms. The SMILES string of the molecule is CC(NC(=O)c1ccc(C(C)(C)C)cc1)C(=O)N1CCCCCCC1. The fourth-order valence-electron chi connectivity index (χ4n) is 3.21. The van der Waals surface area contributed by atoms with Crippen molar-refractivity contribution < 1.29 is 9.59 Å². The second-order valence-corrected chi connectivity index (χ2v) is 8.12. The third-order valence-electron chi connectivity index (χ3n) is 4.90. The summed E-state index contributed by atoms with van der Waals surface area (Å²) < 4.78 is 0. The lowest BCUT2D eigenvalue weighted by molar-refractivity contribution is -0.133. The average molecular weight is 344 g/mol. The molecule has 0 bridgehead atoms. The number of hydrogen-bond donors (Lipinski definition) is 1. The standard InChI is InChI=1S/C21H32N2O2/c1-16(20(25)23-14-8-6-5-7-9-15-23)22-19(24)17-10-12-18(13-11-17)21(2,3)4/h10-13,16H,5-9,14-15H2,1-4H3,(H,22,24).